The summed E-state index contributed by atoms with van der Waals surface area (Å²) in [6.07, 6.45) is 3.69. The molecule has 16 heavy (non-hydrogen) atoms. The molecule has 0 aromatic heterocycles. The molecular formula is C13H17ClFN. The van der Waals surface area contributed by atoms with Crippen molar-refractivity contribution < 1.29 is 4.39 Å². The number of rotatable bonds is 6. The third-order valence-corrected chi connectivity index (χ3v) is 2.76. The van der Waals surface area contributed by atoms with Gasteiger partial charge in [-0.25, -0.2) is 4.39 Å². The van der Waals surface area contributed by atoms with E-state index in [2.05, 4.69) is 11.9 Å². The van der Waals surface area contributed by atoms with Gasteiger partial charge in [-0.1, -0.05) is 30.7 Å². The van der Waals surface area contributed by atoms with Crippen molar-refractivity contribution in [1.29, 1.82) is 0 Å². The van der Waals surface area contributed by atoms with Crippen molar-refractivity contribution in [3.8, 4) is 0 Å². The fraction of sp³-hybridized carbons (Fsp3) is 0.385. The quantitative estimate of drug-likeness (QED) is 0.740. The van der Waals surface area contributed by atoms with Gasteiger partial charge < -0.3 is 5.32 Å². The Hall–Kier alpha value is -0.860. The molecule has 0 aliphatic carbocycles. The summed E-state index contributed by atoms with van der Waals surface area (Å²) in [4.78, 5) is 0. The van der Waals surface area contributed by atoms with E-state index in [-0.39, 0.29) is 16.9 Å². The van der Waals surface area contributed by atoms with Crippen LogP contribution in [0.5, 0.6) is 0 Å². The highest BCUT2D eigenvalue weighted by atomic mass is 35.5. The first-order valence-corrected chi connectivity index (χ1v) is 5.86. The molecule has 1 N–H and O–H groups in total. The molecule has 0 spiro atoms. The number of hydrogen-bond acceptors (Lipinski definition) is 1. The van der Waals surface area contributed by atoms with Gasteiger partial charge in [-0.3, -0.25) is 0 Å². The van der Waals surface area contributed by atoms with E-state index in [4.69, 9.17) is 11.6 Å². The van der Waals surface area contributed by atoms with Gasteiger partial charge in [0.05, 0.1) is 5.02 Å². The molecule has 0 bridgehead atoms. The Morgan fingerprint density at radius 2 is 2.31 bits per heavy atom. The van der Waals surface area contributed by atoms with Crippen molar-refractivity contribution >= 4 is 11.6 Å². The second-order valence-corrected chi connectivity index (χ2v) is 4.06. The van der Waals surface area contributed by atoms with Crippen LogP contribution in [-0.4, -0.2) is 6.54 Å². The number of benzene rings is 1. The Labute approximate surface area is 101 Å². The molecular weight excluding hydrogens is 225 g/mol. The van der Waals surface area contributed by atoms with Crippen LogP contribution in [0.3, 0.4) is 0 Å². The maximum absolute atomic E-state index is 13.3. The summed E-state index contributed by atoms with van der Waals surface area (Å²) >= 11 is 5.66. The van der Waals surface area contributed by atoms with Crippen molar-refractivity contribution in [3.05, 3.63) is 47.3 Å². The van der Waals surface area contributed by atoms with Crippen LogP contribution in [0.4, 0.5) is 4.39 Å². The average molecular weight is 242 g/mol. The molecule has 0 radical (unpaired) electrons. The maximum Gasteiger partial charge on any atom is 0.142 e. The Kier molecular flexibility index (Phi) is 5.50. The molecule has 1 aromatic carbocycles. The molecule has 0 amide bonds. The largest absolute Gasteiger partial charge is 0.310 e. The fourth-order valence-corrected chi connectivity index (χ4v) is 1.76. The molecule has 88 valence electrons. The molecule has 0 aliphatic heterocycles. The highest BCUT2D eigenvalue weighted by molar-refractivity contribution is 6.30. The third-order valence-electron chi connectivity index (χ3n) is 2.46. The average Bonchev–Trinajstić information content (AvgIpc) is 2.28. The van der Waals surface area contributed by atoms with Crippen LogP contribution in [0.25, 0.3) is 0 Å². The van der Waals surface area contributed by atoms with Gasteiger partial charge in [0.15, 0.2) is 0 Å². The lowest BCUT2D eigenvalue weighted by Crippen LogP contribution is -2.20. The van der Waals surface area contributed by atoms with Crippen molar-refractivity contribution in [2.24, 2.45) is 0 Å². The van der Waals surface area contributed by atoms with Crippen molar-refractivity contribution in [3.63, 3.8) is 0 Å². The van der Waals surface area contributed by atoms with E-state index in [0.29, 0.717) is 0 Å². The molecule has 1 rings (SSSR count). The Balaban J connectivity index is 2.82. The van der Waals surface area contributed by atoms with Gasteiger partial charge in [-0.2, -0.15) is 0 Å². The fourth-order valence-electron chi connectivity index (χ4n) is 1.65. The number of halogens is 2. The summed E-state index contributed by atoms with van der Waals surface area (Å²) in [7, 11) is 0. The molecule has 1 atom stereocenters. The molecule has 1 unspecified atom stereocenters. The number of hydrogen-bond donors (Lipinski definition) is 1. The van der Waals surface area contributed by atoms with Crippen molar-refractivity contribution in [2.45, 2.75) is 25.8 Å². The Bertz CT molecular complexity index is 352. The van der Waals surface area contributed by atoms with E-state index in [9.17, 15) is 4.39 Å². The van der Waals surface area contributed by atoms with Gasteiger partial charge in [0.2, 0.25) is 0 Å². The van der Waals surface area contributed by atoms with Crippen LogP contribution in [0, 0.1) is 5.82 Å². The third kappa shape index (κ3) is 3.62. The lowest BCUT2D eigenvalue weighted by Gasteiger charge is -2.17. The smallest absolute Gasteiger partial charge is 0.142 e. The van der Waals surface area contributed by atoms with Crippen molar-refractivity contribution in [1.82, 2.24) is 5.32 Å². The minimum Gasteiger partial charge on any atom is -0.310 e. The first-order valence-electron chi connectivity index (χ1n) is 5.48. The predicted octanol–water partition coefficient (Wildman–Crippen LogP) is 4.10. The van der Waals surface area contributed by atoms with E-state index in [1.54, 1.807) is 6.07 Å². The molecule has 0 heterocycles. The topological polar surface area (TPSA) is 12.0 Å². The zero-order valence-electron chi connectivity index (χ0n) is 9.47. The molecule has 1 aromatic rings. The lowest BCUT2D eigenvalue weighted by molar-refractivity contribution is 0.515. The summed E-state index contributed by atoms with van der Waals surface area (Å²) in [6.45, 7) is 6.58. The van der Waals surface area contributed by atoms with Crippen LogP contribution in [0.1, 0.15) is 31.4 Å². The first kappa shape index (κ1) is 13.2. The maximum atomic E-state index is 13.3. The zero-order chi connectivity index (χ0) is 12.0. The van der Waals surface area contributed by atoms with Gasteiger partial charge >= 0.3 is 0 Å². The van der Waals surface area contributed by atoms with E-state index in [0.717, 1.165) is 24.9 Å². The first-order chi connectivity index (χ1) is 7.69. The van der Waals surface area contributed by atoms with Gasteiger partial charge in [0.1, 0.15) is 5.82 Å². The predicted molar refractivity (Wildman–Crippen MR) is 67.3 cm³/mol. The Morgan fingerprint density at radius 3 is 2.88 bits per heavy atom. The van der Waals surface area contributed by atoms with E-state index >= 15 is 0 Å². The summed E-state index contributed by atoms with van der Waals surface area (Å²) < 4.78 is 13.3. The van der Waals surface area contributed by atoms with Crippen LogP contribution >= 0.6 is 11.6 Å². The molecule has 0 saturated carbocycles. The van der Waals surface area contributed by atoms with Gasteiger partial charge in [-0.15, -0.1) is 6.58 Å². The summed E-state index contributed by atoms with van der Waals surface area (Å²) in [5.41, 5.74) is 0.936. The zero-order valence-corrected chi connectivity index (χ0v) is 10.2. The van der Waals surface area contributed by atoms with Gasteiger partial charge in [0.25, 0.3) is 0 Å². The normalized spacial score (nSPS) is 12.4. The minimum absolute atomic E-state index is 0.162. The highest BCUT2D eigenvalue weighted by Gasteiger charge is 2.11. The molecule has 1 nitrogen and oxygen atoms in total. The van der Waals surface area contributed by atoms with E-state index < -0.39 is 0 Å². The molecule has 3 heteroatoms. The van der Waals surface area contributed by atoms with Crippen LogP contribution < -0.4 is 5.32 Å². The lowest BCUT2D eigenvalue weighted by atomic mass is 10.0. The number of nitrogens with one attached hydrogen (secondary N) is 1. The van der Waals surface area contributed by atoms with E-state index in [1.165, 1.54) is 6.07 Å². The van der Waals surface area contributed by atoms with E-state index in [1.807, 2.05) is 19.1 Å². The standard InChI is InChI=1S/C13H17ClFN/c1-3-5-6-13(16-4-2)10-7-8-11(14)12(15)9-10/h3,7-9,13,16H,1,4-6H2,2H3. The van der Waals surface area contributed by atoms with Crippen LogP contribution in [0.2, 0.25) is 5.02 Å². The minimum atomic E-state index is -0.360. The summed E-state index contributed by atoms with van der Waals surface area (Å²) in [5.74, 6) is -0.360. The molecule has 0 saturated heterocycles. The Morgan fingerprint density at radius 1 is 1.56 bits per heavy atom. The molecule has 0 fully saturated rings. The highest BCUT2D eigenvalue weighted by Crippen LogP contribution is 2.23. The second kappa shape index (κ2) is 6.66. The van der Waals surface area contributed by atoms with Gasteiger partial charge in [-0.05, 0) is 37.1 Å². The monoisotopic (exact) mass is 241 g/mol. The van der Waals surface area contributed by atoms with Crippen LogP contribution in [-0.2, 0) is 0 Å². The number of allylic oxidation sites excluding steroid dienone is 1. The molecule has 0 aliphatic rings. The SMILES string of the molecule is C=CCCC(NCC)c1ccc(Cl)c(F)c1. The van der Waals surface area contributed by atoms with Crippen LogP contribution in [0.15, 0.2) is 30.9 Å². The van der Waals surface area contributed by atoms with Gasteiger partial charge in [0, 0.05) is 6.04 Å². The second-order valence-electron chi connectivity index (χ2n) is 3.65. The summed E-state index contributed by atoms with van der Waals surface area (Å²) in [5, 5.41) is 3.49. The van der Waals surface area contributed by atoms with Crippen molar-refractivity contribution in [2.75, 3.05) is 6.54 Å². The summed E-state index contributed by atoms with van der Waals surface area (Å²) in [6, 6.07) is 5.13.